The quantitative estimate of drug-likeness (QED) is 0.714. The fourth-order valence-electron chi connectivity index (χ4n) is 2.10. The predicted molar refractivity (Wildman–Crippen MR) is 73.0 cm³/mol. The molecular formula is C15H23FN2. The first-order valence-corrected chi connectivity index (χ1v) is 6.91. The molecule has 1 aromatic carbocycles. The van der Waals surface area contributed by atoms with E-state index in [4.69, 9.17) is 0 Å². The summed E-state index contributed by atoms with van der Waals surface area (Å²) in [6, 6.07) is 7.83. The normalized spacial score (nSPS) is 15.3. The lowest BCUT2D eigenvalue weighted by molar-refractivity contribution is 0.312. The van der Waals surface area contributed by atoms with Crippen LogP contribution in [0.4, 0.5) is 4.39 Å². The molecule has 0 spiro atoms. The molecule has 100 valence electrons. The summed E-state index contributed by atoms with van der Waals surface area (Å²) in [5.74, 6) is -0.0975. The summed E-state index contributed by atoms with van der Waals surface area (Å²) in [4.78, 5) is 2.19. The fourth-order valence-corrected chi connectivity index (χ4v) is 2.10. The molecular weight excluding hydrogens is 227 g/mol. The Hall–Kier alpha value is -0.930. The molecule has 1 aliphatic carbocycles. The van der Waals surface area contributed by atoms with Crippen LogP contribution in [0.2, 0.25) is 0 Å². The largest absolute Gasteiger partial charge is 0.314 e. The molecule has 1 saturated carbocycles. The van der Waals surface area contributed by atoms with E-state index in [1.165, 1.54) is 31.7 Å². The van der Waals surface area contributed by atoms with E-state index in [-0.39, 0.29) is 5.82 Å². The van der Waals surface area contributed by atoms with Gasteiger partial charge in [-0.2, -0.15) is 0 Å². The highest BCUT2D eigenvalue weighted by Gasteiger charge is 2.19. The molecule has 2 nitrogen and oxygen atoms in total. The molecule has 0 amide bonds. The number of unbranched alkanes of at least 4 members (excludes halogenated alkanes) is 1. The molecule has 1 aliphatic rings. The standard InChI is InChI=1S/C15H23FN2/c1-18(11-5-4-10-17-14-8-9-14)12-13-6-2-3-7-15(13)16/h2-3,6-7,14,17H,4-5,8-12H2,1H3. The number of halogens is 1. The summed E-state index contributed by atoms with van der Waals surface area (Å²) >= 11 is 0. The molecule has 0 heterocycles. The summed E-state index contributed by atoms with van der Waals surface area (Å²) in [6.07, 6.45) is 5.09. The van der Waals surface area contributed by atoms with Crippen molar-refractivity contribution in [1.82, 2.24) is 10.2 Å². The van der Waals surface area contributed by atoms with Gasteiger partial charge in [-0.05, 0) is 51.9 Å². The Morgan fingerprint density at radius 3 is 2.78 bits per heavy atom. The zero-order valence-electron chi connectivity index (χ0n) is 11.2. The summed E-state index contributed by atoms with van der Waals surface area (Å²) in [7, 11) is 2.06. The second-order valence-corrected chi connectivity index (χ2v) is 5.26. The molecule has 0 radical (unpaired) electrons. The molecule has 2 rings (SSSR count). The predicted octanol–water partition coefficient (Wildman–Crippen LogP) is 2.79. The highest BCUT2D eigenvalue weighted by molar-refractivity contribution is 5.16. The average molecular weight is 250 g/mol. The second kappa shape index (κ2) is 6.86. The summed E-state index contributed by atoms with van der Waals surface area (Å²) in [5.41, 5.74) is 0.788. The van der Waals surface area contributed by atoms with Gasteiger partial charge in [0.25, 0.3) is 0 Å². The molecule has 0 saturated heterocycles. The van der Waals surface area contributed by atoms with Crippen LogP contribution >= 0.6 is 0 Å². The van der Waals surface area contributed by atoms with Gasteiger partial charge in [0.2, 0.25) is 0 Å². The highest BCUT2D eigenvalue weighted by Crippen LogP contribution is 2.18. The Labute approximate surface area is 109 Å². The van der Waals surface area contributed by atoms with Crippen LogP contribution in [0.3, 0.4) is 0 Å². The number of hydrogen-bond donors (Lipinski definition) is 1. The van der Waals surface area contributed by atoms with E-state index < -0.39 is 0 Å². The highest BCUT2D eigenvalue weighted by atomic mass is 19.1. The van der Waals surface area contributed by atoms with Crippen molar-refractivity contribution in [1.29, 1.82) is 0 Å². The van der Waals surface area contributed by atoms with Crippen LogP contribution in [-0.4, -0.2) is 31.1 Å². The Morgan fingerprint density at radius 2 is 2.06 bits per heavy atom. The van der Waals surface area contributed by atoms with E-state index in [0.717, 1.165) is 24.7 Å². The first kappa shape index (κ1) is 13.5. The van der Waals surface area contributed by atoms with Gasteiger partial charge in [0, 0.05) is 18.2 Å². The number of rotatable bonds is 8. The molecule has 1 N–H and O–H groups in total. The van der Waals surface area contributed by atoms with Crippen LogP contribution in [-0.2, 0) is 6.54 Å². The van der Waals surface area contributed by atoms with Gasteiger partial charge in [0.15, 0.2) is 0 Å². The van der Waals surface area contributed by atoms with Gasteiger partial charge in [-0.15, -0.1) is 0 Å². The van der Waals surface area contributed by atoms with Crippen molar-refractivity contribution in [2.24, 2.45) is 0 Å². The van der Waals surface area contributed by atoms with E-state index in [1.54, 1.807) is 6.07 Å². The van der Waals surface area contributed by atoms with Crippen LogP contribution in [0.5, 0.6) is 0 Å². The first-order valence-electron chi connectivity index (χ1n) is 6.91. The third kappa shape index (κ3) is 4.75. The van der Waals surface area contributed by atoms with Crippen LogP contribution in [0.15, 0.2) is 24.3 Å². The Bertz CT molecular complexity index is 363. The first-order chi connectivity index (χ1) is 8.75. The number of nitrogens with one attached hydrogen (secondary N) is 1. The lowest BCUT2D eigenvalue weighted by Gasteiger charge is -2.17. The Morgan fingerprint density at radius 1 is 1.28 bits per heavy atom. The maximum atomic E-state index is 13.5. The van der Waals surface area contributed by atoms with Gasteiger partial charge in [-0.1, -0.05) is 18.2 Å². The number of nitrogens with zero attached hydrogens (tertiary/aromatic N) is 1. The van der Waals surface area contributed by atoms with E-state index in [0.29, 0.717) is 6.54 Å². The van der Waals surface area contributed by atoms with Crippen molar-refractivity contribution in [3.05, 3.63) is 35.6 Å². The SMILES string of the molecule is CN(CCCCNC1CC1)Cc1ccccc1F. The summed E-state index contributed by atoms with van der Waals surface area (Å²) in [6.45, 7) is 2.85. The lowest BCUT2D eigenvalue weighted by Crippen LogP contribution is -2.22. The molecule has 1 aromatic rings. The molecule has 18 heavy (non-hydrogen) atoms. The topological polar surface area (TPSA) is 15.3 Å². The minimum absolute atomic E-state index is 0.0975. The second-order valence-electron chi connectivity index (χ2n) is 5.26. The van der Waals surface area contributed by atoms with Crippen molar-refractivity contribution in [3.8, 4) is 0 Å². The molecule has 0 unspecified atom stereocenters. The fraction of sp³-hybridized carbons (Fsp3) is 0.600. The smallest absolute Gasteiger partial charge is 0.127 e. The Kier molecular flexibility index (Phi) is 5.14. The third-order valence-electron chi connectivity index (χ3n) is 3.38. The van der Waals surface area contributed by atoms with E-state index in [2.05, 4.69) is 17.3 Å². The molecule has 0 atom stereocenters. The van der Waals surface area contributed by atoms with E-state index >= 15 is 0 Å². The van der Waals surface area contributed by atoms with Crippen LogP contribution in [0, 0.1) is 5.82 Å². The van der Waals surface area contributed by atoms with E-state index in [1.807, 2.05) is 12.1 Å². The maximum absolute atomic E-state index is 13.5. The number of hydrogen-bond acceptors (Lipinski definition) is 2. The minimum Gasteiger partial charge on any atom is -0.314 e. The summed E-state index contributed by atoms with van der Waals surface area (Å²) in [5, 5.41) is 3.51. The molecule has 3 heteroatoms. The van der Waals surface area contributed by atoms with Crippen LogP contribution in [0.1, 0.15) is 31.2 Å². The van der Waals surface area contributed by atoms with Gasteiger partial charge < -0.3 is 10.2 Å². The van der Waals surface area contributed by atoms with Gasteiger partial charge >= 0.3 is 0 Å². The monoisotopic (exact) mass is 250 g/mol. The Balaban J connectivity index is 1.59. The summed E-state index contributed by atoms with van der Waals surface area (Å²) < 4.78 is 13.5. The lowest BCUT2D eigenvalue weighted by atomic mass is 10.2. The van der Waals surface area contributed by atoms with Gasteiger partial charge in [-0.3, -0.25) is 0 Å². The van der Waals surface area contributed by atoms with Crippen molar-refractivity contribution in [2.45, 2.75) is 38.3 Å². The van der Waals surface area contributed by atoms with Gasteiger partial charge in [0.05, 0.1) is 0 Å². The van der Waals surface area contributed by atoms with Crippen LogP contribution < -0.4 is 5.32 Å². The molecule has 1 fully saturated rings. The molecule has 0 aliphatic heterocycles. The minimum atomic E-state index is -0.0975. The van der Waals surface area contributed by atoms with Gasteiger partial charge in [0.1, 0.15) is 5.82 Å². The van der Waals surface area contributed by atoms with Crippen molar-refractivity contribution >= 4 is 0 Å². The zero-order valence-corrected chi connectivity index (χ0v) is 11.2. The van der Waals surface area contributed by atoms with Gasteiger partial charge in [-0.25, -0.2) is 4.39 Å². The maximum Gasteiger partial charge on any atom is 0.127 e. The van der Waals surface area contributed by atoms with Crippen molar-refractivity contribution < 1.29 is 4.39 Å². The zero-order chi connectivity index (χ0) is 12.8. The van der Waals surface area contributed by atoms with Crippen molar-refractivity contribution in [3.63, 3.8) is 0 Å². The third-order valence-corrected chi connectivity index (χ3v) is 3.38. The van der Waals surface area contributed by atoms with E-state index in [9.17, 15) is 4.39 Å². The van der Waals surface area contributed by atoms with Crippen LogP contribution in [0.25, 0.3) is 0 Å². The molecule has 0 aromatic heterocycles. The average Bonchev–Trinajstić information content (AvgIpc) is 3.16. The number of benzene rings is 1. The van der Waals surface area contributed by atoms with Crippen molar-refractivity contribution in [2.75, 3.05) is 20.1 Å². The molecule has 0 bridgehead atoms.